The molecule has 1 atom stereocenters. The number of rotatable bonds is 11. The van der Waals surface area contributed by atoms with Gasteiger partial charge in [0.15, 0.2) is 0 Å². The van der Waals surface area contributed by atoms with E-state index in [2.05, 4.69) is 32.6 Å². The molecule has 3 heteroatoms. The Labute approximate surface area is 114 Å². The summed E-state index contributed by atoms with van der Waals surface area (Å²) in [6.45, 7) is 13.0. The van der Waals surface area contributed by atoms with Gasteiger partial charge in [0.25, 0.3) is 0 Å². The van der Waals surface area contributed by atoms with Gasteiger partial charge in [0.05, 0.1) is 6.61 Å². The molecule has 0 radical (unpaired) electrons. The molecular formula is C15H34N2O. The first-order chi connectivity index (χ1) is 8.46. The van der Waals surface area contributed by atoms with E-state index in [1.54, 1.807) is 7.11 Å². The van der Waals surface area contributed by atoms with Crippen molar-refractivity contribution in [1.82, 2.24) is 4.90 Å². The van der Waals surface area contributed by atoms with E-state index in [1.807, 2.05) is 0 Å². The third-order valence-corrected chi connectivity index (χ3v) is 3.92. The number of nitrogens with two attached hydrogens (primary N) is 1. The van der Waals surface area contributed by atoms with Crippen LogP contribution in [-0.2, 0) is 4.74 Å². The van der Waals surface area contributed by atoms with Crippen LogP contribution in [0.5, 0.6) is 0 Å². The fourth-order valence-corrected chi connectivity index (χ4v) is 2.30. The molecule has 0 spiro atoms. The lowest BCUT2D eigenvalue weighted by Gasteiger charge is -2.30. The molecule has 1 unspecified atom stereocenters. The molecule has 110 valence electrons. The molecule has 0 bridgehead atoms. The Kier molecular flexibility index (Phi) is 9.70. The van der Waals surface area contributed by atoms with Gasteiger partial charge >= 0.3 is 0 Å². The van der Waals surface area contributed by atoms with Gasteiger partial charge in [-0.2, -0.15) is 0 Å². The lowest BCUT2D eigenvalue weighted by molar-refractivity contribution is 0.118. The summed E-state index contributed by atoms with van der Waals surface area (Å²) in [5, 5.41) is 0. The highest BCUT2D eigenvalue weighted by Crippen LogP contribution is 2.26. The molecular weight excluding hydrogens is 224 g/mol. The summed E-state index contributed by atoms with van der Waals surface area (Å²) in [5.74, 6) is 0. The number of hydrogen-bond donors (Lipinski definition) is 1. The Morgan fingerprint density at radius 2 is 1.89 bits per heavy atom. The first kappa shape index (κ1) is 17.9. The van der Waals surface area contributed by atoms with Crippen LogP contribution >= 0.6 is 0 Å². The zero-order chi connectivity index (χ0) is 14.0. The third kappa shape index (κ3) is 8.06. The predicted molar refractivity (Wildman–Crippen MR) is 79.9 cm³/mol. The normalized spacial score (nSPS) is 14.2. The van der Waals surface area contributed by atoms with E-state index in [9.17, 15) is 0 Å². The van der Waals surface area contributed by atoms with Gasteiger partial charge in [-0.3, -0.25) is 4.90 Å². The molecule has 0 aromatic heterocycles. The van der Waals surface area contributed by atoms with Crippen LogP contribution in [0.1, 0.15) is 53.4 Å². The topological polar surface area (TPSA) is 38.5 Å². The molecule has 0 aromatic rings. The Balaban J connectivity index is 4.02. The molecule has 0 saturated heterocycles. The van der Waals surface area contributed by atoms with Gasteiger partial charge in [0, 0.05) is 19.7 Å². The average molecular weight is 258 g/mol. The number of methoxy groups -OCH3 is 1. The second-order valence-corrected chi connectivity index (χ2v) is 6.09. The number of hydrogen-bond acceptors (Lipinski definition) is 3. The van der Waals surface area contributed by atoms with Gasteiger partial charge in [0.1, 0.15) is 0 Å². The fourth-order valence-electron chi connectivity index (χ4n) is 2.30. The van der Waals surface area contributed by atoms with E-state index in [1.165, 1.54) is 25.8 Å². The van der Waals surface area contributed by atoms with E-state index in [0.29, 0.717) is 11.5 Å². The van der Waals surface area contributed by atoms with Gasteiger partial charge in [-0.1, -0.05) is 20.8 Å². The minimum absolute atomic E-state index is 0.386. The lowest BCUT2D eigenvalue weighted by Crippen LogP contribution is -2.36. The fraction of sp³-hybridized carbons (Fsp3) is 1.00. The van der Waals surface area contributed by atoms with Crippen LogP contribution in [0.15, 0.2) is 0 Å². The smallest absolute Gasteiger partial charge is 0.0589 e. The van der Waals surface area contributed by atoms with Crippen LogP contribution < -0.4 is 5.73 Å². The van der Waals surface area contributed by atoms with Crippen LogP contribution in [-0.4, -0.2) is 44.3 Å². The van der Waals surface area contributed by atoms with E-state index in [4.69, 9.17) is 10.5 Å². The van der Waals surface area contributed by atoms with Gasteiger partial charge in [-0.25, -0.2) is 0 Å². The van der Waals surface area contributed by atoms with E-state index >= 15 is 0 Å². The average Bonchev–Trinajstić information content (AvgIpc) is 2.32. The largest absolute Gasteiger partial charge is 0.383 e. The summed E-state index contributed by atoms with van der Waals surface area (Å²) < 4.78 is 5.19. The molecule has 0 saturated carbocycles. The van der Waals surface area contributed by atoms with Crippen molar-refractivity contribution < 1.29 is 4.74 Å². The lowest BCUT2D eigenvalue weighted by atomic mass is 9.84. The summed E-state index contributed by atoms with van der Waals surface area (Å²) in [4.78, 5) is 2.54. The maximum Gasteiger partial charge on any atom is 0.0589 e. The summed E-state index contributed by atoms with van der Waals surface area (Å²) in [6.07, 6.45) is 4.83. The van der Waals surface area contributed by atoms with Crippen LogP contribution in [0, 0.1) is 5.41 Å². The van der Waals surface area contributed by atoms with Crippen molar-refractivity contribution in [3.63, 3.8) is 0 Å². The molecule has 18 heavy (non-hydrogen) atoms. The highest BCUT2D eigenvalue weighted by Gasteiger charge is 2.18. The zero-order valence-corrected chi connectivity index (χ0v) is 13.2. The third-order valence-electron chi connectivity index (χ3n) is 3.92. The van der Waals surface area contributed by atoms with Crippen molar-refractivity contribution in [2.24, 2.45) is 11.1 Å². The number of nitrogens with zero attached hydrogens (tertiary/aromatic N) is 1. The van der Waals surface area contributed by atoms with Crippen LogP contribution in [0.4, 0.5) is 0 Å². The zero-order valence-electron chi connectivity index (χ0n) is 13.2. The second-order valence-electron chi connectivity index (χ2n) is 6.09. The minimum Gasteiger partial charge on any atom is -0.383 e. The SMILES string of the molecule is CCC(C)N(CCCC(C)(C)CCN)CCOC. The molecule has 2 N–H and O–H groups in total. The van der Waals surface area contributed by atoms with Crippen molar-refractivity contribution >= 4 is 0 Å². The molecule has 0 aliphatic carbocycles. The Bertz CT molecular complexity index is 195. The molecule has 0 aromatic carbocycles. The quantitative estimate of drug-likeness (QED) is 0.619. The maximum absolute atomic E-state index is 5.65. The molecule has 0 aliphatic rings. The standard InChI is InChI=1S/C15H34N2O/c1-6-14(2)17(12-13-18-5)11-7-8-15(3,4)9-10-16/h14H,6-13,16H2,1-5H3. The highest BCUT2D eigenvalue weighted by atomic mass is 16.5. The molecule has 0 heterocycles. The van der Waals surface area contributed by atoms with E-state index in [0.717, 1.165) is 26.1 Å². The first-order valence-corrected chi connectivity index (χ1v) is 7.40. The van der Waals surface area contributed by atoms with Crippen molar-refractivity contribution in [1.29, 1.82) is 0 Å². The van der Waals surface area contributed by atoms with Crippen molar-refractivity contribution in [2.45, 2.75) is 59.4 Å². The van der Waals surface area contributed by atoms with Gasteiger partial charge in [-0.15, -0.1) is 0 Å². The molecule has 0 fully saturated rings. The highest BCUT2D eigenvalue weighted by molar-refractivity contribution is 4.72. The van der Waals surface area contributed by atoms with E-state index < -0.39 is 0 Å². The Morgan fingerprint density at radius 1 is 1.22 bits per heavy atom. The van der Waals surface area contributed by atoms with Crippen molar-refractivity contribution in [2.75, 3.05) is 33.4 Å². The maximum atomic E-state index is 5.65. The van der Waals surface area contributed by atoms with Crippen LogP contribution in [0.3, 0.4) is 0 Å². The second kappa shape index (κ2) is 9.76. The molecule has 0 amide bonds. The number of ether oxygens (including phenoxy) is 1. The predicted octanol–water partition coefficient (Wildman–Crippen LogP) is 2.89. The summed E-state index contributed by atoms with van der Waals surface area (Å²) in [6, 6.07) is 0.651. The van der Waals surface area contributed by atoms with E-state index in [-0.39, 0.29) is 0 Å². The van der Waals surface area contributed by atoms with Crippen molar-refractivity contribution in [3.8, 4) is 0 Å². The first-order valence-electron chi connectivity index (χ1n) is 7.40. The summed E-state index contributed by atoms with van der Waals surface area (Å²) in [5.41, 5.74) is 6.04. The van der Waals surface area contributed by atoms with Crippen LogP contribution in [0.2, 0.25) is 0 Å². The summed E-state index contributed by atoms with van der Waals surface area (Å²) in [7, 11) is 1.78. The minimum atomic E-state index is 0.386. The van der Waals surface area contributed by atoms with Gasteiger partial charge in [-0.05, 0) is 51.1 Å². The van der Waals surface area contributed by atoms with Gasteiger partial charge < -0.3 is 10.5 Å². The molecule has 0 aliphatic heterocycles. The Hall–Kier alpha value is -0.120. The monoisotopic (exact) mass is 258 g/mol. The molecule has 0 rings (SSSR count). The summed E-state index contributed by atoms with van der Waals surface area (Å²) >= 11 is 0. The van der Waals surface area contributed by atoms with Gasteiger partial charge in [0.2, 0.25) is 0 Å². The van der Waals surface area contributed by atoms with Crippen LogP contribution in [0.25, 0.3) is 0 Å². The van der Waals surface area contributed by atoms with Crippen molar-refractivity contribution in [3.05, 3.63) is 0 Å². The Morgan fingerprint density at radius 3 is 2.39 bits per heavy atom. The molecule has 3 nitrogen and oxygen atoms in total.